The lowest BCUT2D eigenvalue weighted by molar-refractivity contribution is -0.139. The van der Waals surface area contributed by atoms with Crippen LogP contribution >= 0.6 is 11.3 Å². The monoisotopic (exact) mass is 400 g/mol. The molecule has 152 valence electrons. The van der Waals surface area contributed by atoms with E-state index in [1.54, 1.807) is 11.3 Å². The number of carbonyl (C=O) groups excluding carboxylic acids is 1. The van der Waals surface area contributed by atoms with Gasteiger partial charge in [-0.3, -0.25) is 14.6 Å². The third-order valence-corrected chi connectivity index (χ3v) is 7.21. The summed E-state index contributed by atoms with van der Waals surface area (Å²) >= 11 is 1.79. The Bertz CT molecular complexity index is 771. The first-order valence-electron chi connectivity index (χ1n) is 10.6. The summed E-state index contributed by atoms with van der Waals surface area (Å²) in [5.74, 6) is 1.55. The average molecular weight is 401 g/mol. The van der Waals surface area contributed by atoms with Crippen molar-refractivity contribution in [3.63, 3.8) is 0 Å². The number of hydrogen-bond donors (Lipinski definition) is 0. The summed E-state index contributed by atoms with van der Waals surface area (Å²) in [6.45, 7) is 13.3. The molecule has 1 aromatic carbocycles. The molecule has 0 spiro atoms. The highest BCUT2D eigenvalue weighted by molar-refractivity contribution is 7.18. The third kappa shape index (κ3) is 4.39. The molecule has 0 saturated carbocycles. The normalized spacial score (nSPS) is 25.9. The van der Waals surface area contributed by atoms with Gasteiger partial charge in [-0.1, -0.05) is 26.0 Å². The maximum absolute atomic E-state index is 13.0. The van der Waals surface area contributed by atoms with Crippen molar-refractivity contribution in [1.29, 1.82) is 0 Å². The fraction of sp³-hybridized carbons (Fsp3) is 0.636. The van der Waals surface area contributed by atoms with E-state index in [0.717, 1.165) is 51.3 Å². The summed E-state index contributed by atoms with van der Waals surface area (Å²) in [7, 11) is 0. The maximum Gasteiger partial charge on any atom is 0.239 e. The lowest BCUT2D eigenvalue weighted by Gasteiger charge is -2.41. The number of rotatable bonds is 4. The molecule has 2 aliphatic heterocycles. The molecular formula is C22H32N4OS. The van der Waals surface area contributed by atoms with E-state index in [0.29, 0.717) is 17.7 Å². The van der Waals surface area contributed by atoms with Gasteiger partial charge >= 0.3 is 0 Å². The van der Waals surface area contributed by atoms with Crippen LogP contribution in [0.2, 0.25) is 0 Å². The number of piperidine rings is 1. The van der Waals surface area contributed by atoms with Crippen molar-refractivity contribution in [2.75, 3.05) is 39.3 Å². The zero-order valence-corrected chi connectivity index (χ0v) is 18.1. The number of nitrogens with zero attached hydrogens (tertiary/aromatic N) is 4. The van der Waals surface area contributed by atoms with Gasteiger partial charge in [-0.05, 0) is 37.3 Å². The van der Waals surface area contributed by atoms with Crippen LogP contribution in [-0.4, -0.2) is 70.9 Å². The number of piperazine rings is 1. The number of hydrogen-bond acceptors (Lipinski definition) is 5. The topological polar surface area (TPSA) is 39.7 Å². The van der Waals surface area contributed by atoms with Gasteiger partial charge < -0.3 is 4.90 Å². The second kappa shape index (κ2) is 8.47. The molecule has 2 fully saturated rings. The number of carbonyl (C=O) groups is 1. The van der Waals surface area contributed by atoms with E-state index in [1.807, 2.05) is 6.07 Å². The SMILES string of the molecule is C[C@@H]1C[C@H](C)CN(C(=O)[C@@H](C)N2CCN(Cc3nc4ccccc4s3)CC2)C1. The molecule has 0 bridgehead atoms. The van der Waals surface area contributed by atoms with Gasteiger partial charge in [-0.15, -0.1) is 11.3 Å². The molecule has 2 saturated heterocycles. The Kier molecular flexibility index (Phi) is 5.99. The van der Waals surface area contributed by atoms with Crippen molar-refractivity contribution < 1.29 is 4.79 Å². The minimum atomic E-state index is -0.0119. The van der Waals surface area contributed by atoms with E-state index in [9.17, 15) is 4.79 Å². The van der Waals surface area contributed by atoms with Gasteiger partial charge in [0.15, 0.2) is 0 Å². The Morgan fingerprint density at radius 2 is 1.82 bits per heavy atom. The minimum absolute atomic E-state index is 0.0119. The summed E-state index contributed by atoms with van der Waals surface area (Å²) in [6, 6.07) is 8.34. The quantitative estimate of drug-likeness (QED) is 0.789. The smallest absolute Gasteiger partial charge is 0.239 e. The van der Waals surface area contributed by atoms with E-state index in [1.165, 1.54) is 16.1 Å². The van der Waals surface area contributed by atoms with Crippen LogP contribution in [0.4, 0.5) is 0 Å². The van der Waals surface area contributed by atoms with Crippen molar-refractivity contribution in [1.82, 2.24) is 19.7 Å². The number of thiazole rings is 1. The van der Waals surface area contributed by atoms with Crippen molar-refractivity contribution >= 4 is 27.5 Å². The fourth-order valence-electron chi connectivity index (χ4n) is 4.75. The van der Waals surface area contributed by atoms with E-state index >= 15 is 0 Å². The maximum atomic E-state index is 13.0. The molecule has 2 aromatic rings. The number of aromatic nitrogens is 1. The molecule has 1 aromatic heterocycles. The molecule has 28 heavy (non-hydrogen) atoms. The summed E-state index contributed by atoms with van der Waals surface area (Å²) < 4.78 is 1.26. The van der Waals surface area contributed by atoms with Gasteiger partial charge in [-0.25, -0.2) is 4.98 Å². The number of likely N-dealkylation sites (tertiary alicyclic amines) is 1. The second-order valence-electron chi connectivity index (χ2n) is 8.75. The van der Waals surface area contributed by atoms with E-state index in [4.69, 9.17) is 4.98 Å². The number of amides is 1. The van der Waals surface area contributed by atoms with Crippen LogP contribution in [0, 0.1) is 11.8 Å². The lowest BCUT2D eigenvalue weighted by Crippen LogP contribution is -2.56. The standard InChI is InChI=1S/C22H32N4OS/c1-16-12-17(2)14-26(13-16)22(27)18(3)25-10-8-24(9-11-25)15-21-23-19-6-4-5-7-20(19)28-21/h4-7,16-18H,8-15H2,1-3H3/t16-,17+,18-/m1/s1. The molecule has 3 atom stereocenters. The molecular weight excluding hydrogens is 368 g/mol. The van der Waals surface area contributed by atoms with E-state index < -0.39 is 0 Å². The Balaban J connectivity index is 1.30. The van der Waals surface area contributed by atoms with Gasteiger partial charge in [0.05, 0.1) is 22.8 Å². The van der Waals surface area contributed by atoms with Crippen LogP contribution in [0.3, 0.4) is 0 Å². The number of benzene rings is 1. The lowest BCUT2D eigenvalue weighted by atomic mass is 9.91. The Labute approximate surface area is 172 Å². The minimum Gasteiger partial charge on any atom is -0.341 e. The zero-order chi connectivity index (χ0) is 19.7. The molecule has 6 heteroatoms. The summed E-state index contributed by atoms with van der Waals surface area (Å²) in [5.41, 5.74) is 1.10. The zero-order valence-electron chi connectivity index (χ0n) is 17.3. The molecule has 0 N–H and O–H groups in total. The third-order valence-electron chi connectivity index (χ3n) is 6.19. The summed E-state index contributed by atoms with van der Waals surface area (Å²) in [5, 5.41) is 1.19. The molecule has 1 amide bonds. The molecule has 0 radical (unpaired) electrons. The predicted molar refractivity (Wildman–Crippen MR) is 115 cm³/mol. The van der Waals surface area contributed by atoms with E-state index in [-0.39, 0.29) is 6.04 Å². The largest absolute Gasteiger partial charge is 0.341 e. The van der Waals surface area contributed by atoms with Gasteiger partial charge in [-0.2, -0.15) is 0 Å². The van der Waals surface area contributed by atoms with Crippen molar-refractivity contribution in [2.24, 2.45) is 11.8 Å². The van der Waals surface area contributed by atoms with Crippen molar-refractivity contribution in [2.45, 2.75) is 39.8 Å². The number of para-hydroxylation sites is 1. The molecule has 0 aliphatic carbocycles. The molecule has 3 heterocycles. The Morgan fingerprint density at radius 3 is 2.50 bits per heavy atom. The van der Waals surface area contributed by atoms with Gasteiger partial charge in [0.25, 0.3) is 0 Å². The first-order valence-corrected chi connectivity index (χ1v) is 11.4. The predicted octanol–water partition coefficient (Wildman–Crippen LogP) is 3.31. The molecule has 0 unspecified atom stereocenters. The van der Waals surface area contributed by atoms with E-state index in [2.05, 4.69) is 53.7 Å². The first-order chi connectivity index (χ1) is 13.5. The summed E-state index contributed by atoms with van der Waals surface area (Å²) in [6.07, 6.45) is 1.24. The highest BCUT2D eigenvalue weighted by atomic mass is 32.1. The van der Waals surface area contributed by atoms with Crippen LogP contribution in [0.1, 0.15) is 32.2 Å². The first kappa shape index (κ1) is 19.8. The Hall–Kier alpha value is -1.50. The molecule has 4 rings (SSSR count). The number of fused-ring (bicyclic) bond motifs is 1. The van der Waals surface area contributed by atoms with Gasteiger partial charge in [0.1, 0.15) is 5.01 Å². The highest BCUT2D eigenvalue weighted by Gasteiger charge is 2.32. The van der Waals surface area contributed by atoms with Crippen molar-refractivity contribution in [3.8, 4) is 0 Å². The van der Waals surface area contributed by atoms with Crippen LogP contribution in [0.5, 0.6) is 0 Å². The van der Waals surface area contributed by atoms with Crippen LogP contribution in [-0.2, 0) is 11.3 Å². The molecule has 2 aliphatic rings. The van der Waals surface area contributed by atoms with Gasteiger partial charge in [0, 0.05) is 39.3 Å². The van der Waals surface area contributed by atoms with Crippen LogP contribution in [0.15, 0.2) is 24.3 Å². The van der Waals surface area contributed by atoms with Crippen LogP contribution < -0.4 is 0 Å². The van der Waals surface area contributed by atoms with Crippen LogP contribution in [0.25, 0.3) is 10.2 Å². The summed E-state index contributed by atoms with van der Waals surface area (Å²) in [4.78, 5) is 24.7. The molecule has 5 nitrogen and oxygen atoms in total. The average Bonchev–Trinajstić information content (AvgIpc) is 3.09. The highest BCUT2D eigenvalue weighted by Crippen LogP contribution is 2.24. The van der Waals surface area contributed by atoms with Gasteiger partial charge in [0.2, 0.25) is 5.91 Å². The second-order valence-corrected chi connectivity index (χ2v) is 9.87. The fourth-order valence-corrected chi connectivity index (χ4v) is 5.76. The van der Waals surface area contributed by atoms with Crippen molar-refractivity contribution in [3.05, 3.63) is 29.3 Å². The Morgan fingerprint density at radius 1 is 1.14 bits per heavy atom.